The Morgan fingerprint density at radius 1 is 1.26 bits per heavy atom. The molecule has 19 heavy (non-hydrogen) atoms. The third-order valence-corrected chi connectivity index (χ3v) is 2.75. The summed E-state index contributed by atoms with van der Waals surface area (Å²) in [6.07, 6.45) is 3.68. The predicted octanol–water partition coefficient (Wildman–Crippen LogP) is 1.57. The molecule has 1 unspecified atom stereocenters. The molecule has 0 aliphatic heterocycles. The lowest BCUT2D eigenvalue weighted by Gasteiger charge is -2.14. The Labute approximate surface area is 109 Å². The van der Waals surface area contributed by atoms with Crippen molar-refractivity contribution in [3.05, 3.63) is 60.1 Å². The number of hydrogen-bond donors (Lipinski definition) is 1. The molecule has 0 saturated heterocycles. The first-order valence-corrected chi connectivity index (χ1v) is 5.94. The molecule has 0 fully saturated rings. The molecule has 2 heterocycles. The maximum absolute atomic E-state index is 5.86. The van der Waals surface area contributed by atoms with Crippen molar-refractivity contribution in [2.75, 3.05) is 0 Å². The largest absolute Gasteiger partial charge is 0.447 e. The van der Waals surface area contributed by atoms with E-state index in [0.717, 1.165) is 11.3 Å². The summed E-state index contributed by atoms with van der Waals surface area (Å²) in [6.45, 7) is 0. The molecule has 2 aromatic heterocycles. The number of aromatic amines is 2. The van der Waals surface area contributed by atoms with Gasteiger partial charge in [-0.25, -0.2) is 0 Å². The monoisotopic (exact) mass is 257 g/mol. The van der Waals surface area contributed by atoms with E-state index >= 15 is 0 Å². The summed E-state index contributed by atoms with van der Waals surface area (Å²) in [5, 5.41) is 13.2. The van der Waals surface area contributed by atoms with Crippen LogP contribution in [0.4, 0.5) is 0 Å². The normalized spacial score (nSPS) is 12.2. The van der Waals surface area contributed by atoms with Gasteiger partial charge >= 0.3 is 5.88 Å². The average Bonchev–Trinajstić information content (AvgIpc) is 3.12. The molecule has 1 aromatic carbocycles. The van der Waals surface area contributed by atoms with Crippen LogP contribution in [0.3, 0.4) is 0 Å². The number of aromatic nitrogens is 4. The third kappa shape index (κ3) is 2.79. The number of nitrogens with one attached hydrogen (secondary N) is 2. The van der Waals surface area contributed by atoms with Gasteiger partial charge in [0, 0.05) is 12.5 Å². The smallest absolute Gasteiger partial charge is 0.395 e. The van der Waals surface area contributed by atoms with Crippen LogP contribution < -0.4 is 9.84 Å². The van der Waals surface area contributed by atoms with Gasteiger partial charge in [-0.3, -0.25) is 0 Å². The highest BCUT2D eigenvalue weighted by Gasteiger charge is 2.19. The summed E-state index contributed by atoms with van der Waals surface area (Å²) in [7, 11) is 0. The van der Waals surface area contributed by atoms with Crippen molar-refractivity contribution in [2.45, 2.75) is 12.5 Å². The lowest BCUT2D eigenvalue weighted by molar-refractivity contribution is -0.455. The van der Waals surface area contributed by atoms with Crippen molar-refractivity contribution in [3.8, 4) is 5.88 Å². The molecule has 6 heteroatoms. The van der Waals surface area contributed by atoms with Crippen LogP contribution in [-0.4, -0.2) is 15.5 Å². The molecule has 6 nitrogen and oxygen atoms in total. The molecule has 0 aliphatic rings. The molecule has 0 bridgehead atoms. The molecule has 3 rings (SSSR count). The van der Waals surface area contributed by atoms with E-state index < -0.39 is 0 Å². The van der Waals surface area contributed by atoms with Crippen LogP contribution in [0, 0.1) is 0 Å². The highest BCUT2D eigenvalue weighted by atomic mass is 16.5. The van der Waals surface area contributed by atoms with Crippen LogP contribution in [0.25, 0.3) is 0 Å². The van der Waals surface area contributed by atoms with E-state index in [1.54, 1.807) is 12.5 Å². The molecule has 3 aromatic rings. The molecule has 0 spiro atoms. The van der Waals surface area contributed by atoms with Crippen LogP contribution in [0.15, 0.2) is 53.4 Å². The zero-order chi connectivity index (χ0) is 12.9. The van der Waals surface area contributed by atoms with Gasteiger partial charge in [0.05, 0.1) is 10.8 Å². The summed E-state index contributed by atoms with van der Waals surface area (Å²) >= 11 is 0. The highest BCUT2D eigenvalue weighted by molar-refractivity contribution is 5.20. The Hall–Kier alpha value is -2.63. The Morgan fingerprint density at radius 2 is 2.16 bits per heavy atom. The van der Waals surface area contributed by atoms with Crippen LogP contribution in [-0.2, 0) is 6.42 Å². The molecular formula is C13H13N4O2+. The molecule has 96 valence electrons. The molecule has 0 saturated carbocycles. The average molecular weight is 257 g/mol. The maximum Gasteiger partial charge on any atom is 0.395 e. The summed E-state index contributed by atoms with van der Waals surface area (Å²) < 4.78 is 10.7. The van der Waals surface area contributed by atoms with Crippen LogP contribution in [0.2, 0.25) is 0 Å². The Balaban J connectivity index is 1.83. The summed E-state index contributed by atoms with van der Waals surface area (Å²) in [5.41, 5.74) is 1.90. The second-order valence-corrected chi connectivity index (χ2v) is 4.06. The van der Waals surface area contributed by atoms with Gasteiger partial charge in [-0.1, -0.05) is 40.7 Å². The van der Waals surface area contributed by atoms with Crippen LogP contribution in [0.1, 0.15) is 17.4 Å². The van der Waals surface area contributed by atoms with Crippen molar-refractivity contribution in [3.63, 3.8) is 0 Å². The van der Waals surface area contributed by atoms with Gasteiger partial charge in [0.15, 0.2) is 6.20 Å². The van der Waals surface area contributed by atoms with E-state index in [9.17, 15) is 0 Å². The number of H-pyrrole nitrogens is 2. The van der Waals surface area contributed by atoms with E-state index in [-0.39, 0.29) is 6.10 Å². The minimum atomic E-state index is -0.164. The zero-order valence-corrected chi connectivity index (χ0v) is 10.1. The fourth-order valence-electron chi connectivity index (χ4n) is 1.85. The van der Waals surface area contributed by atoms with Gasteiger partial charge in [0.1, 0.15) is 12.4 Å². The molecule has 0 amide bonds. The van der Waals surface area contributed by atoms with Gasteiger partial charge < -0.3 is 9.26 Å². The Morgan fingerprint density at radius 3 is 2.84 bits per heavy atom. The SMILES string of the molecule is c1ccc(C(Cc2ccon2)Oc2c[nH+][nH]n2)cc1. The molecule has 2 N–H and O–H groups in total. The third-order valence-electron chi connectivity index (χ3n) is 2.75. The first-order chi connectivity index (χ1) is 9.42. The summed E-state index contributed by atoms with van der Waals surface area (Å²) in [5.74, 6) is 0.511. The second-order valence-electron chi connectivity index (χ2n) is 4.06. The highest BCUT2D eigenvalue weighted by Crippen LogP contribution is 2.22. The lowest BCUT2D eigenvalue weighted by Crippen LogP contribution is -2.11. The van der Waals surface area contributed by atoms with Crippen molar-refractivity contribution in [2.24, 2.45) is 0 Å². The topological polar surface area (TPSA) is 78.1 Å². The second kappa shape index (κ2) is 5.34. The van der Waals surface area contributed by atoms with E-state index in [4.69, 9.17) is 9.26 Å². The summed E-state index contributed by atoms with van der Waals surface area (Å²) in [6, 6.07) is 11.8. The number of rotatable bonds is 5. The van der Waals surface area contributed by atoms with Crippen LogP contribution in [0.5, 0.6) is 5.88 Å². The predicted molar refractivity (Wildman–Crippen MR) is 65.2 cm³/mol. The lowest BCUT2D eigenvalue weighted by atomic mass is 10.1. The Kier molecular flexibility index (Phi) is 3.22. The number of benzene rings is 1. The quantitative estimate of drug-likeness (QED) is 0.752. The summed E-state index contributed by atoms with van der Waals surface area (Å²) in [4.78, 5) is 0. The number of hydrogen-bond acceptors (Lipinski definition) is 4. The zero-order valence-electron chi connectivity index (χ0n) is 10.1. The molecule has 0 radical (unpaired) electrons. The van der Waals surface area contributed by atoms with Gasteiger partial charge in [0.2, 0.25) is 0 Å². The van der Waals surface area contributed by atoms with Crippen LogP contribution >= 0.6 is 0 Å². The van der Waals surface area contributed by atoms with Crippen molar-refractivity contribution in [1.82, 2.24) is 15.5 Å². The van der Waals surface area contributed by atoms with E-state index in [1.165, 1.54) is 0 Å². The minimum Gasteiger partial charge on any atom is -0.447 e. The maximum atomic E-state index is 5.86. The fourth-order valence-corrected chi connectivity index (χ4v) is 1.85. The first-order valence-electron chi connectivity index (χ1n) is 5.94. The fraction of sp³-hybridized carbons (Fsp3) is 0.154. The first kappa shape index (κ1) is 11.5. The minimum absolute atomic E-state index is 0.164. The van der Waals surface area contributed by atoms with Gasteiger partial charge in [-0.05, 0) is 5.56 Å². The van der Waals surface area contributed by atoms with Gasteiger partial charge in [0.25, 0.3) is 0 Å². The number of ether oxygens (including phenoxy) is 1. The molecule has 0 aliphatic carbocycles. The van der Waals surface area contributed by atoms with E-state index in [2.05, 4.69) is 20.6 Å². The van der Waals surface area contributed by atoms with Gasteiger partial charge in [-0.15, -0.1) is 0 Å². The molecule has 1 atom stereocenters. The van der Waals surface area contributed by atoms with E-state index in [0.29, 0.717) is 12.3 Å². The number of nitrogens with zero attached hydrogens (tertiary/aromatic N) is 2. The van der Waals surface area contributed by atoms with Crippen molar-refractivity contribution < 1.29 is 14.4 Å². The van der Waals surface area contributed by atoms with Crippen molar-refractivity contribution >= 4 is 0 Å². The van der Waals surface area contributed by atoms with E-state index in [1.807, 2.05) is 36.4 Å². The van der Waals surface area contributed by atoms with Crippen molar-refractivity contribution in [1.29, 1.82) is 0 Å². The molecular weight excluding hydrogens is 244 g/mol. The standard InChI is InChI=1S/C13H12N4O2/c1-2-4-10(5-3-1)12(8-11-6-7-18-16-11)19-13-9-14-17-15-13/h1-7,9,12H,8H2,(H,14,15,17)/p+1. The Bertz CT molecular complexity index is 557. The van der Waals surface area contributed by atoms with Gasteiger partial charge in [-0.2, -0.15) is 5.10 Å².